The Bertz CT molecular complexity index is 342. The number of nitrogens with zero attached hydrogens (tertiary/aromatic N) is 2. The van der Waals surface area contributed by atoms with Crippen LogP contribution in [0.1, 0.15) is 19.6 Å². The van der Waals surface area contributed by atoms with Crippen molar-refractivity contribution in [3.63, 3.8) is 0 Å². The summed E-state index contributed by atoms with van der Waals surface area (Å²) in [6.07, 6.45) is 1.74. The van der Waals surface area contributed by atoms with Crippen LogP contribution in [0.2, 0.25) is 0 Å². The molecule has 0 radical (unpaired) electrons. The molecule has 1 aliphatic rings. The molecule has 4 heteroatoms. The van der Waals surface area contributed by atoms with Gasteiger partial charge in [-0.1, -0.05) is 0 Å². The first-order chi connectivity index (χ1) is 8.58. The van der Waals surface area contributed by atoms with Crippen LogP contribution in [0, 0.1) is 0 Å². The summed E-state index contributed by atoms with van der Waals surface area (Å²) in [7, 11) is 2.16. The molecule has 0 spiro atoms. The van der Waals surface area contributed by atoms with E-state index >= 15 is 0 Å². The molecule has 4 nitrogen and oxygen atoms in total. The van der Waals surface area contributed by atoms with Gasteiger partial charge in [0.05, 0.1) is 12.8 Å². The lowest BCUT2D eigenvalue weighted by Gasteiger charge is -2.43. The average molecular weight is 251 g/mol. The maximum absolute atomic E-state index is 5.40. The number of hydrogen-bond acceptors (Lipinski definition) is 4. The lowest BCUT2D eigenvalue weighted by atomic mass is 10.0. The van der Waals surface area contributed by atoms with E-state index in [1.807, 2.05) is 12.1 Å². The van der Waals surface area contributed by atoms with Gasteiger partial charge in [-0.3, -0.25) is 9.80 Å². The van der Waals surface area contributed by atoms with Crippen molar-refractivity contribution in [1.82, 2.24) is 15.1 Å². The van der Waals surface area contributed by atoms with Crippen LogP contribution in [0.5, 0.6) is 0 Å². The van der Waals surface area contributed by atoms with Crippen LogP contribution in [-0.4, -0.2) is 55.1 Å². The highest BCUT2D eigenvalue weighted by atomic mass is 16.3. The van der Waals surface area contributed by atoms with E-state index < -0.39 is 0 Å². The van der Waals surface area contributed by atoms with Crippen LogP contribution in [-0.2, 0) is 6.54 Å². The molecule has 0 amide bonds. The molecule has 18 heavy (non-hydrogen) atoms. The van der Waals surface area contributed by atoms with E-state index in [1.165, 1.54) is 0 Å². The second kappa shape index (κ2) is 5.87. The SMILES string of the molecule is CN(Cc1ccco1)CC(C)(C)N1CCNCC1. The molecule has 102 valence electrons. The van der Waals surface area contributed by atoms with E-state index in [2.05, 4.69) is 36.0 Å². The molecule has 1 aromatic heterocycles. The van der Waals surface area contributed by atoms with E-state index in [0.29, 0.717) is 0 Å². The molecule has 1 N–H and O–H groups in total. The number of furan rings is 1. The van der Waals surface area contributed by atoms with Crippen molar-refractivity contribution in [3.05, 3.63) is 24.2 Å². The lowest BCUT2D eigenvalue weighted by Crippen LogP contribution is -2.57. The first-order valence-corrected chi connectivity index (χ1v) is 6.75. The Balaban J connectivity index is 1.86. The zero-order chi connectivity index (χ0) is 13.0. The number of likely N-dealkylation sites (N-methyl/N-ethyl adjacent to an activating group) is 1. The van der Waals surface area contributed by atoms with Gasteiger partial charge in [0.25, 0.3) is 0 Å². The smallest absolute Gasteiger partial charge is 0.117 e. The van der Waals surface area contributed by atoms with E-state index in [9.17, 15) is 0 Å². The Labute approximate surface area is 110 Å². The van der Waals surface area contributed by atoms with Crippen molar-refractivity contribution in [2.75, 3.05) is 39.8 Å². The Hall–Kier alpha value is -0.840. The standard InChI is InChI=1S/C14H25N3O/c1-14(2,17-8-6-15-7-9-17)12-16(3)11-13-5-4-10-18-13/h4-5,10,15H,6-9,11-12H2,1-3H3. The van der Waals surface area contributed by atoms with Gasteiger partial charge in [0.1, 0.15) is 5.76 Å². The van der Waals surface area contributed by atoms with Gasteiger partial charge in [0.15, 0.2) is 0 Å². The van der Waals surface area contributed by atoms with Gasteiger partial charge in [-0.05, 0) is 33.0 Å². The third-order valence-corrected chi connectivity index (χ3v) is 3.64. The number of nitrogens with one attached hydrogen (secondary N) is 1. The summed E-state index contributed by atoms with van der Waals surface area (Å²) >= 11 is 0. The molecular formula is C14H25N3O. The number of rotatable bonds is 5. The lowest BCUT2D eigenvalue weighted by molar-refractivity contribution is 0.0675. The summed E-state index contributed by atoms with van der Waals surface area (Å²) in [5.41, 5.74) is 0.212. The maximum Gasteiger partial charge on any atom is 0.117 e. The van der Waals surface area contributed by atoms with Gasteiger partial charge >= 0.3 is 0 Å². The summed E-state index contributed by atoms with van der Waals surface area (Å²) in [5, 5.41) is 3.41. The molecule has 0 bridgehead atoms. The predicted molar refractivity (Wildman–Crippen MR) is 73.6 cm³/mol. The molecule has 1 fully saturated rings. The van der Waals surface area contributed by atoms with Crippen molar-refractivity contribution in [3.8, 4) is 0 Å². The molecule has 0 aromatic carbocycles. The monoisotopic (exact) mass is 251 g/mol. The summed E-state index contributed by atoms with van der Waals surface area (Å²) in [6, 6.07) is 3.99. The average Bonchev–Trinajstić information content (AvgIpc) is 2.82. The fourth-order valence-electron chi connectivity index (χ4n) is 2.76. The van der Waals surface area contributed by atoms with Gasteiger partial charge in [0.2, 0.25) is 0 Å². The normalized spacial score (nSPS) is 18.4. The highest BCUT2D eigenvalue weighted by molar-refractivity contribution is 4.98. The predicted octanol–water partition coefficient (Wildman–Crippen LogP) is 1.40. The number of piperazine rings is 1. The van der Waals surface area contributed by atoms with Gasteiger partial charge in [-0.15, -0.1) is 0 Å². The molecule has 0 unspecified atom stereocenters. The molecule has 1 aliphatic heterocycles. The fourth-order valence-corrected chi connectivity index (χ4v) is 2.76. The molecule has 0 aliphatic carbocycles. The minimum absolute atomic E-state index is 0.212. The molecule has 1 saturated heterocycles. The first-order valence-electron chi connectivity index (χ1n) is 6.75. The fraction of sp³-hybridized carbons (Fsp3) is 0.714. The van der Waals surface area contributed by atoms with Crippen molar-refractivity contribution in [1.29, 1.82) is 0 Å². The van der Waals surface area contributed by atoms with Crippen molar-refractivity contribution in [2.45, 2.75) is 25.9 Å². The summed E-state index contributed by atoms with van der Waals surface area (Å²) in [6.45, 7) is 11.1. The minimum Gasteiger partial charge on any atom is -0.468 e. The summed E-state index contributed by atoms with van der Waals surface area (Å²) in [4.78, 5) is 4.91. The molecule has 2 heterocycles. The van der Waals surface area contributed by atoms with Crippen LogP contribution >= 0.6 is 0 Å². The van der Waals surface area contributed by atoms with E-state index in [1.54, 1.807) is 6.26 Å². The van der Waals surface area contributed by atoms with Crippen LogP contribution in [0.25, 0.3) is 0 Å². The third kappa shape index (κ3) is 3.57. The van der Waals surface area contributed by atoms with Crippen LogP contribution in [0.15, 0.2) is 22.8 Å². The highest BCUT2D eigenvalue weighted by Gasteiger charge is 2.29. The van der Waals surface area contributed by atoms with E-state index in [4.69, 9.17) is 4.42 Å². The third-order valence-electron chi connectivity index (χ3n) is 3.64. The molecule has 1 aromatic rings. The highest BCUT2D eigenvalue weighted by Crippen LogP contribution is 2.17. The Morgan fingerprint density at radius 1 is 1.39 bits per heavy atom. The van der Waals surface area contributed by atoms with Crippen LogP contribution in [0.3, 0.4) is 0 Å². The van der Waals surface area contributed by atoms with Crippen molar-refractivity contribution in [2.24, 2.45) is 0 Å². The van der Waals surface area contributed by atoms with Crippen molar-refractivity contribution >= 4 is 0 Å². The Morgan fingerprint density at radius 2 is 2.11 bits per heavy atom. The van der Waals surface area contributed by atoms with Gasteiger partial charge < -0.3 is 9.73 Å². The van der Waals surface area contributed by atoms with E-state index in [-0.39, 0.29) is 5.54 Å². The summed E-state index contributed by atoms with van der Waals surface area (Å²) in [5.74, 6) is 1.04. The first kappa shape index (κ1) is 13.6. The minimum atomic E-state index is 0.212. The van der Waals surface area contributed by atoms with Gasteiger partial charge in [0, 0.05) is 38.3 Å². The molecule has 0 saturated carbocycles. The summed E-state index contributed by atoms with van der Waals surface area (Å²) < 4.78 is 5.40. The molecule has 0 atom stereocenters. The largest absolute Gasteiger partial charge is 0.468 e. The van der Waals surface area contributed by atoms with E-state index in [0.717, 1.165) is 45.0 Å². The van der Waals surface area contributed by atoms with Crippen LogP contribution < -0.4 is 5.32 Å². The second-order valence-electron chi connectivity index (χ2n) is 5.80. The topological polar surface area (TPSA) is 31.7 Å². The Morgan fingerprint density at radius 3 is 2.72 bits per heavy atom. The number of hydrogen-bond donors (Lipinski definition) is 1. The van der Waals surface area contributed by atoms with Gasteiger partial charge in [-0.25, -0.2) is 0 Å². The molecular weight excluding hydrogens is 226 g/mol. The molecule has 2 rings (SSSR count). The quantitative estimate of drug-likeness (QED) is 0.857. The van der Waals surface area contributed by atoms with Crippen LogP contribution in [0.4, 0.5) is 0 Å². The van der Waals surface area contributed by atoms with Gasteiger partial charge in [-0.2, -0.15) is 0 Å². The Kier molecular flexibility index (Phi) is 4.43. The zero-order valence-electron chi connectivity index (χ0n) is 11.8. The van der Waals surface area contributed by atoms with Crippen molar-refractivity contribution < 1.29 is 4.42 Å². The second-order valence-corrected chi connectivity index (χ2v) is 5.80. The zero-order valence-corrected chi connectivity index (χ0v) is 11.8. The maximum atomic E-state index is 5.40.